The molecule has 1 saturated heterocycles. The van der Waals surface area contributed by atoms with E-state index in [1.54, 1.807) is 31.3 Å². The molecule has 6 nitrogen and oxygen atoms in total. The summed E-state index contributed by atoms with van der Waals surface area (Å²) in [4.78, 5) is 28.0. The van der Waals surface area contributed by atoms with E-state index in [2.05, 4.69) is 29.7 Å². The lowest BCUT2D eigenvalue weighted by Crippen LogP contribution is -2.58. The summed E-state index contributed by atoms with van der Waals surface area (Å²) in [5, 5.41) is 17.4. The van der Waals surface area contributed by atoms with Crippen LogP contribution in [0.15, 0.2) is 72.8 Å². The molecular weight excluding hydrogens is 500 g/mol. The fraction of sp³-hybridized carbons (Fsp3) is 0.355. The Kier molecular flexibility index (Phi) is 9.09. The number of aliphatic hydroxyl groups excluding tert-OH is 1. The molecule has 1 heterocycles. The number of likely N-dealkylation sites (tertiary alicyclic amines) is 1. The van der Waals surface area contributed by atoms with Crippen LogP contribution < -0.4 is 10.6 Å². The van der Waals surface area contributed by atoms with Crippen molar-refractivity contribution in [3.05, 3.63) is 107 Å². The van der Waals surface area contributed by atoms with E-state index in [1.165, 1.54) is 22.6 Å². The first-order valence-electron chi connectivity index (χ1n) is 13.3. The van der Waals surface area contributed by atoms with Gasteiger partial charge < -0.3 is 20.6 Å². The van der Waals surface area contributed by atoms with Gasteiger partial charge in [0, 0.05) is 32.6 Å². The highest BCUT2D eigenvalue weighted by Crippen LogP contribution is 2.39. The Morgan fingerprint density at radius 3 is 2.33 bits per heavy atom. The van der Waals surface area contributed by atoms with E-state index in [0.29, 0.717) is 17.7 Å². The third-order valence-electron chi connectivity index (χ3n) is 7.52. The maximum atomic E-state index is 14.0. The van der Waals surface area contributed by atoms with Gasteiger partial charge in [-0.15, -0.1) is 0 Å². The molecule has 3 aromatic rings. The quantitative estimate of drug-likeness (QED) is 0.349. The molecule has 206 valence electrons. The van der Waals surface area contributed by atoms with Crippen molar-refractivity contribution >= 4 is 11.8 Å². The second-order valence-electron chi connectivity index (χ2n) is 10.1. The maximum Gasteiger partial charge on any atom is 0.250 e. The summed E-state index contributed by atoms with van der Waals surface area (Å²) in [5.74, 6) is -2.08. The van der Waals surface area contributed by atoms with Gasteiger partial charge >= 0.3 is 0 Å². The maximum absolute atomic E-state index is 14.0. The van der Waals surface area contributed by atoms with E-state index < -0.39 is 35.2 Å². The minimum atomic E-state index is -1.25. The van der Waals surface area contributed by atoms with Crippen molar-refractivity contribution in [3.63, 3.8) is 0 Å². The summed E-state index contributed by atoms with van der Waals surface area (Å²) in [6.45, 7) is 2.72. The molecule has 3 atom stereocenters. The van der Waals surface area contributed by atoms with Gasteiger partial charge in [0.1, 0.15) is 17.2 Å². The largest absolute Gasteiger partial charge is 0.390 e. The molecule has 8 heteroatoms. The number of benzene rings is 3. The average Bonchev–Trinajstić information content (AvgIpc) is 3.23. The molecule has 0 aromatic heterocycles. The van der Waals surface area contributed by atoms with Crippen molar-refractivity contribution in [1.29, 1.82) is 0 Å². The van der Waals surface area contributed by atoms with Crippen molar-refractivity contribution in [1.82, 2.24) is 15.5 Å². The topological polar surface area (TPSA) is 81.7 Å². The van der Waals surface area contributed by atoms with E-state index in [0.717, 1.165) is 18.1 Å². The highest BCUT2D eigenvalue weighted by atomic mass is 19.1. The number of carbonyl (C=O) groups is 2. The summed E-state index contributed by atoms with van der Waals surface area (Å²) in [6, 6.07) is 19.4. The van der Waals surface area contributed by atoms with Crippen LogP contribution in [-0.4, -0.2) is 47.6 Å². The number of hydrogen-bond donors (Lipinski definition) is 3. The average molecular weight is 536 g/mol. The van der Waals surface area contributed by atoms with Crippen LogP contribution in [0.5, 0.6) is 0 Å². The lowest BCUT2D eigenvalue weighted by molar-refractivity contribution is -0.141. The molecule has 3 N–H and O–H groups in total. The fourth-order valence-electron chi connectivity index (χ4n) is 5.30. The first-order valence-corrected chi connectivity index (χ1v) is 13.3. The monoisotopic (exact) mass is 535 g/mol. The summed E-state index contributed by atoms with van der Waals surface area (Å²) >= 11 is 0. The van der Waals surface area contributed by atoms with Gasteiger partial charge in [-0.3, -0.25) is 9.59 Å². The van der Waals surface area contributed by atoms with E-state index in [1.807, 2.05) is 18.2 Å². The molecule has 1 fully saturated rings. The Bertz CT molecular complexity index is 1280. The number of nitrogens with zero attached hydrogens (tertiary/aromatic N) is 1. The number of carbonyl (C=O) groups excluding carboxylic acids is 2. The molecule has 0 bridgehead atoms. The zero-order valence-electron chi connectivity index (χ0n) is 22.3. The lowest BCUT2D eigenvalue weighted by atomic mass is 9.85. The van der Waals surface area contributed by atoms with E-state index in [4.69, 9.17) is 0 Å². The number of rotatable bonds is 11. The van der Waals surface area contributed by atoms with Gasteiger partial charge in [-0.2, -0.15) is 0 Å². The zero-order valence-corrected chi connectivity index (χ0v) is 22.3. The standard InChI is InChI=1S/C31H35F2N3O3/c1-3-21-8-7-9-22(14-21)19-34-20-28(37)27(17-23-15-25(32)18-26(33)16-23)35-30(39)31(13-12-29(38)36(31)2)24-10-5-4-6-11-24/h4-11,14-16,18,27-28,34,37H,3,12-13,17,19-20H2,1-2H3,(H,35,39)/t27-,28+,31?/m0/s1. The van der Waals surface area contributed by atoms with Gasteiger partial charge in [0.25, 0.3) is 5.91 Å². The molecular formula is C31H35F2N3O3. The Hall–Kier alpha value is -3.62. The minimum absolute atomic E-state index is 0.00286. The number of aryl methyl sites for hydroxylation is 1. The van der Waals surface area contributed by atoms with Crippen molar-refractivity contribution in [2.24, 2.45) is 0 Å². The number of hydrogen-bond acceptors (Lipinski definition) is 4. The van der Waals surface area contributed by atoms with Crippen LogP contribution in [0.25, 0.3) is 0 Å². The highest BCUT2D eigenvalue weighted by Gasteiger charge is 2.51. The van der Waals surface area contributed by atoms with E-state index in [9.17, 15) is 23.5 Å². The first kappa shape index (κ1) is 28.4. The van der Waals surface area contributed by atoms with Crippen LogP contribution in [-0.2, 0) is 34.5 Å². The smallest absolute Gasteiger partial charge is 0.250 e. The molecule has 1 aliphatic rings. The lowest BCUT2D eigenvalue weighted by Gasteiger charge is -2.37. The Labute approximate surface area is 228 Å². The summed E-state index contributed by atoms with van der Waals surface area (Å²) in [7, 11) is 1.60. The van der Waals surface area contributed by atoms with Gasteiger partial charge in [-0.05, 0) is 53.6 Å². The number of aliphatic hydroxyl groups is 1. The Balaban J connectivity index is 1.56. The third kappa shape index (κ3) is 6.52. The van der Waals surface area contributed by atoms with Crippen molar-refractivity contribution in [3.8, 4) is 0 Å². The number of nitrogens with one attached hydrogen (secondary N) is 2. The second kappa shape index (κ2) is 12.5. The van der Waals surface area contributed by atoms with Gasteiger partial charge in [0.15, 0.2) is 0 Å². The van der Waals surface area contributed by atoms with Crippen molar-refractivity contribution in [2.45, 2.75) is 56.8 Å². The Morgan fingerprint density at radius 1 is 1.00 bits per heavy atom. The third-order valence-corrected chi connectivity index (χ3v) is 7.52. The fourth-order valence-corrected chi connectivity index (χ4v) is 5.30. The highest BCUT2D eigenvalue weighted by molar-refractivity contribution is 5.95. The number of halogens is 2. The molecule has 4 rings (SSSR count). The number of likely N-dealkylation sites (N-methyl/N-ethyl adjacent to an activating group) is 1. The van der Waals surface area contributed by atoms with Crippen LogP contribution >= 0.6 is 0 Å². The molecule has 2 amide bonds. The SMILES string of the molecule is CCc1cccc(CNC[C@@H](O)[C@H](Cc2cc(F)cc(F)c2)NC(=O)C2(c3ccccc3)CCC(=O)N2C)c1. The van der Waals surface area contributed by atoms with E-state index >= 15 is 0 Å². The molecule has 0 radical (unpaired) electrons. The molecule has 1 aliphatic heterocycles. The van der Waals surface area contributed by atoms with Crippen molar-refractivity contribution < 1.29 is 23.5 Å². The molecule has 39 heavy (non-hydrogen) atoms. The second-order valence-corrected chi connectivity index (χ2v) is 10.1. The van der Waals surface area contributed by atoms with Crippen LogP contribution in [0.3, 0.4) is 0 Å². The van der Waals surface area contributed by atoms with Crippen LogP contribution in [0, 0.1) is 11.6 Å². The molecule has 1 unspecified atom stereocenters. The molecule has 3 aromatic carbocycles. The Morgan fingerprint density at radius 2 is 1.69 bits per heavy atom. The normalized spacial score (nSPS) is 18.7. The summed E-state index contributed by atoms with van der Waals surface area (Å²) in [5.41, 5.74) is 1.97. The first-order chi connectivity index (χ1) is 18.7. The van der Waals surface area contributed by atoms with Gasteiger partial charge in [-0.25, -0.2) is 8.78 Å². The predicted molar refractivity (Wildman–Crippen MR) is 146 cm³/mol. The van der Waals surface area contributed by atoms with E-state index in [-0.39, 0.29) is 31.7 Å². The van der Waals surface area contributed by atoms with Crippen LogP contribution in [0.2, 0.25) is 0 Å². The predicted octanol–water partition coefficient (Wildman–Crippen LogP) is 3.85. The van der Waals surface area contributed by atoms with Crippen LogP contribution in [0.1, 0.15) is 42.0 Å². The molecule has 0 aliphatic carbocycles. The minimum Gasteiger partial charge on any atom is -0.390 e. The van der Waals surface area contributed by atoms with Crippen LogP contribution in [0.4, 0.5) is 8.78 Å². The summed E-state index contributed by atoms with van der Waals surface area (Å²) < 4.78 is 27.9. The molecule has 0 saturated carbocycles. The summed E-state index contributed by atoms with van der Waals surface area (Å²) in [6.07, 6.45) is 0.317. The van der Waals surface area contributed by atoms with Crippen molar-refractivity contribution in [2.75, 3.05) is 13.6 Å². The van der Waals surface area contributed by atoms with Gasteiger partial charge in [0.2, 0.25) is 5.91 Å². The number of amides is 2. The zero-order chi connectivity index (χ0) is 28.0. The van der Waals surface area contributed by atoms with Gasteiger partial charge in [0.05, 0.1) is 12.1 Å². The van der Waals surface area contributed by atoms with Gasteiger partial charge in [-0.1, -0.05) is 61.5 Å². The molecule has 0 spiro atoms.